The number of nitrogens with one attached hydrogen (secondary N) is 2. The zero-order valence-corrected chi connectivity index (χ0v) is 10.6. The van der Waals surface area contributed by atoms with Crippen molar-refractivity contribution in [1.29, 1.82) is 0 Å². The van der Waals surface area contributed by atoms with Crippen molar-refractivity contribution >= 4 is 18.6 Å². The van der Waals surface area contributed by atoms with Crippen molar-refractivity contribution < 1.29 is 9.18 Å². The van der Waals surface area contributed by atoms with Crippen molar-refractivity contribution in [1.82, 2.24) is 15.5 Å². The molecular weight excluding hydrogens is 257 g/mol. The summed E-state index contributed by atoms with van der Waals surface area (Å²) >= 11 is 0. The number of hydrogen-bond acceptors (Lipinski definition) is 2. The zero-order chi connectivity index (χ0) is 13.9. The van der Waals surface area contributed by atoms with Crippen LogP contribution in [-0.2, 0) is 4.79 Å². The molecule has 2 aromatic rings. The molecular formula is C15H12FN3O. The van der Waals surface area contributed by atoms with Crippen molar-refractivity contribution in [3.8, 4) is 11.3 Å². The van der Waals surface area contributed by atoms with Gasteiger partial charge in [0, 0.05) is 16.5 Å². The van der Waals surface area contributed by atoms with E-state index in [4.69, 9.17) is 0 Å². The Morgan fingerprint density at radius 1 is 1.25 bits per heavy atom. The van der Waals surface area contributed by atoms with Gasteiger partial charge in [0.15, 0.2) is 0 Å². The van der Waals surface area contributed by atoms with Crippen molar-refractivity contribution in [2.24, 2.45) is 0 Å². The Labute approximate surface area is 114 Å². The van der Waals surface area contributed by atoms with Crippen LogP contribution in [0.15, 0.2) is 36.0 Å². The molecule has 1 aromatic heterocycles. The van der Waals surface area contributed by atoms with E-state index in [1.165, 1.54) is 12.1 Å². The quantitative estimate of drug-likeness (QED) is 0.810. The van der Waals surface area contributed by atoms with Crippen LogP contribution in [0.2, 0.25) is 0 Å². The standard InChI is InChI=1S/C15H12FN3O/c16-11-6-4-10(5-7-11)15-13-8-12(17-9-20)2-1-3-14(13)18-19-15/h2-9,18H,1H2,(H,17,20). The molecule has 0 radical (unpaired) electrons. The summed E-state index contributed by atoms with van der Waals surface area (Å²) < 4.78 is 13.0. The summed E-state index contributed by atoms with van der Waals surface area (Å²) in [6.07, 6.45) is 7.10. The minimum Gasteiger partial charge on any atom is -0.329 e. The molecule has 100 valence electrons. The van der Waals surface area contributed by atoms with E-state index in [2.05, 4.69) is 15.5 Å². The highest BCUT2D eigenvalue weighted by molar-refractivity contribution is 5.67. The average molecular weight is 269 g/mol. The molecule has 2 N–H and O–H groups in total. The number of nitrogens with zero attached hydrogens (tertiary/aromatic N) is 1. The molecule has 0 spiro atoms. The maximum absolute atomic E-state index is 13.0. The van der Waals surface area contributed by atoms with Gasteiger partial charge in [-0.1, -0.05) is 12.2 Å². The molecule has 1 aliphatic carbocycles. The molecule has 1 amide bonds. The number of benzene rings is 1. The fourth-order valence-corrected chi connectivity index (χ4v) is 2.18. The second-order valence-corrected chi connectivity index (χ2v) is 4.41. The van der Waals surface area contributed by atoms with Gasteiger partial charge in [-0.3, -0.25) is 9.89 Å². The van der Waals surface area contributed by atoms with Gasteiger partial charge < -0.3 is 5.32 Å². The molecule has 0 bridgehead atoms. The Bertz CT molecular complexity index is 788. The lowest BCUT2D eigenvalue weighted by molar-refractivity contribution is -0.108. The van der Waals surface area contributed by atoms with Crippen LogP contribution in [0.4, 0.5) is 4.39 Å². The SMILES string of the molecule is O=CNC1=CCC=c2[nH]nc(-c3ccc(F)cc3)c2=C1. The summed E-state index contributed by atoms with van der Waals surface area (Å²) in [7, 11) is 0. The molecule has 1 aliphatic rings. The number of H-pyrrole nitrogens is 1. The number of carbonyl (C=O) groups is 1. The number of allylic oxidation sites excluding steroid dienone is 2. The number of fused-ring (bicyclic) bond motifs is 1. The molecule has 1 aromatic carbocycles. The third kappa shape index (κ3) is 2.25. The highest BCUT2D eigenvalue weighted by Crippen LogP contribution is 2.13. The predicted molar refractivity (Wildman–Crippen MR) is 74.1 cm³/mol. The molecule has 0 unspecified atom stereocenters. The smallest absolute Gasteiger partial charge is 0.211 e. The number of halogens is 1. The Kier molecular flexibility index (Phi) is 3.16. The lowest BCUT2D eigenvalue weighted by Gasteiger charge is -1.99. The van der Waals surface area contributed by atoms with Crippen LogP contribution in [0.1, 0.15) is 6.42 Å². The minimum absolute atomic E-state index is 0.283. The van der Waals surface area contributed by atoms with Crippen LogP contribution >= 0.6 is 0 Å². The van der Waals surface area contributed by atoms with Crippen LogP contribution in [0, 0.1) is 5.82 Å². The molecule has 5 heteroatoms. The average Bonchev–Trinajstić information content (AvgIpc) is 2.73. The fourth-order valence-electron chi connectivity index (χ4n) is 2.18. The Morgan fingerprint density at radius 2 is 2.05 bits per heavy atom. The van der Waals surface area contributed by atoms with E-state index >= 15 is 0 Å². The van der Waals surface area contributed by atoms with Crippen LogP contribution < -0.4 is 15.9 Å². The monoisotopic (exact) mass is 269 g/mol. The molecule has 0 atom stereocenters. The number of aromatic amines is 1. The first-order valence-electron chi connectivity index (χ1n) is 6.20. The maximum Gasteiger partial charge on any atom is 0.211 e. The highest BCUT2D eigenvalue weighted by Gasteiger charge is 2.07. The number of carbonyl (C=O) groups excluding carboxylic acids is 1. The van der Waals surface area contributed by atoms with Crippen LogP contribution in [-0.4, -0.2) is 16.6 Å². The molecule has 0 aliphatic heterocycles. The van der Waals surface area contributed by atoms with E-state index in [-0.39, 0.29) is 5.82 Å². The Hall–Kier alpha value is -2.69. The molecule has 4 nitrogen and oxygen atoms in total. The van der Waals surface area contributed by atoms with E-state index in [1.807, 2.05) is 18.2 Å². The largest absolute Gasteiger partial charge is 0.329 e. The summed E-state index contributed by atoms with van der Waals surface area (Å²) in [5.74, 6) is -0.283. The van der Waals surface area contributed by atoms with E-state index in [0.717, 1.165) is 27.5 Å². The van der Waals surface area contributed by atoms with E-state index < -0.39 is 0 Å². The Balaban J connectivity index is 2.17. The second kappa shape index (κ2) is 5.13. The van der Waals surface area contributed by atoms with E-state index in [1.54, 1.807) is 12.1 Å². The second-order valence-electron chi connectivity index (χ2n) is 4.41. The number of hydrogen-bond donors (Lipinski definition) is 2. The third-order valence-electron chi connectivity index (χ3n) is 3.14. The fraction of sp³-hybridized carbons (Fsp3) is 0.0667. The van der Waals surface area contributed by atoms with Gasteiger partial charge in [0.2, 0.25) is 6.41 Å². The molecule has 0 saturated heterocycles. The summed E-state index contributed by atoms with van der Waals surface area (Å²) in [5, 5.41) is 11.7. The summed E-state index contributed by atoms with van der Waals surface area (Å²) in [5.41, 5.74) is 2.28. The van der Waals surface area contributed by atoms with Gasteiger partial charge in [0.25, 0.3) is 0 Å². The van der Waals surface area contributed by atoms with Crippen molar-refractivity contribution in [2.45, 2.75) is 6.42 Å². The normalized spacial score (nSPS) is 13.3. The number of amides is 1. The van der Waals surface area contributed by atoms with Gasteiger partial charge in [-0.25, -0.2) is 4.39 Å². The lowest BCUT2D eigenvalue weighted by Crippen LogP contribution is -2.24. The van der Waals surface area contributed by atoms with E-state index in [9.17, 15) is 9.18 Å². The maximum atomic E-state index is 13.0. The third-order valence-corrected chi connectivity index (χ3v) is 3.14. The molecule has 3 rings (SSSR count). The van der Waals surface area contributed by atoms with Crippen LogP contribution in [0.25, 0.3) is 23.4 Å². The van der Waals surface area contributed by atoms with Gasteiger partial charge in [-0.2, -0.15) is 5.10 Å². The summed E-state index contributed by atoms with van der Waals surface area (Å²) in [6, 6.07) is 6.16. The lowest BCUT2D eigenvalue weighted by atomic mass is 10.1. The number of rotatable bonds is 3. The van der Waals surface area contributed by atoms with Gasteiger partial charge >= 0.3 is 0 Å². The first-order chi connectivity index (χ1) is 9.78. The summed E-state index contributed by atoms with van der Waals surface area (Å²) in [6.45, 7) is 0. The topological polar surface area (TPSA) is 57.8 Å². The highest BCUT2D eigenvalue weighted by atomic mass is 19.1. The first-order valence-corrected chi connectivity index (χ1v) is 6.20. The number of aromatic nitrogens is 2. The molecule has 20 heavy (non-hydrogen) atoms. The molecule has 0 fully saturated rings. The van der Waals surface area contributed by atoms with Crippen LogP contribution in [0.5, 0.6) is 0 Å². The molecule has 1 heterocycles. The summed E-state index contributed by atoms with van der Waals surface area (Å²) in [4.78, 5) is 10.6. The van der Waals surface area contributed by atoms with Gasteiger partial charge in [-0.15, -0.1) is 0 Å². The Morgan fingerprint density at radius 3 is 2.80 bits per heavy atom. The zero-order valence-electron chi connectivity index (χ0n) is 10.6. The van der Waals surface area contributed by atoms with Crippen LogP contribution in [0.3, 0.4) is 0 Å². The predicted octanol–water partition coefficient (Wildman–Crippen LogP) is 0.810. The minimum atomic E-state index is -0.283. The van der Waals surface area contributed by atoms with E-state index in [0.29, 0.717) is 12.8 Å². The first kappa shape index (κ1) is 12.3. The van der Waals surface area contributed by atoms with Crippen molar-refractivity contribution in [2.75, 3.05) is 0 Å². The van der Waals surface area contributed by atoms with Gasteiger partial charge in [0.05, 0.1) is 11.0 Å². The van der Waals surface area contributed by atoms with Gasteiger partial charge in [-0.05, 0) is 36.8 Å². The van der Waals surface area contributed by atoms with Crippen molar-refractivity contribution in [3.63, 3.8) is 0 Å². The van der Waals surface area contributed by atoms with Gasteiger partial charge in [0.1, 0.15) is 5.82 Å². The van der Waals surface area contributed by atoms with Crippen molar-refractivity contribution in [3.05, 3.63) is 52.4 Å². The molecule has 0 saturated carbocycles.